The van der Waals surface area contributed by atoms with E-state index in [4.69, 9.17) is 0 Å². The van der Waals surface area contributed by atoms with Crippen LogP contribution in [-0.2, 0) is 0 Å². The highest BCUT2D eigenvalue weighted by Gasteiger charge is 2.51. The maximum absolute atomic E-state index is 12.9. The molecule has 2 unspecified atom stereocenters. The number of urea groups is 1. The third-order valence-corrected chi connectivity index (χ3v) is 6.24. The molecule has 0 saturated carbocycles. The van der Waals surface area contributed by atoms with Gasteiger partial charge in [0.1, 0.15) is 5.82 Å². The van der Waals surface area contributed by atoms with Gasteiger partial charge in [-0.05, 0) is 46.5 Å². The quantitative estimate of drug-likeness (QED) is 0.555. The number of alkyl halides is 3. The first-order chi connectivity index (χ1) is 11.6. The van der Waals surface area contributed by atoms with Crippen LogP contribution in [-0.4, -0.2) is 32.9 Å². The molecule has 1 aromatic rings. The zero-order valence-corrected chi connectivity index (χ0v) is 15.8. The van der Waals surface area contributed by atoms with Gasteiger partial charge in [-0.15, -0.1) is 0 Å². The molecule has 0 radical (unpaired) electrons. The molecular formula is C14H18BrF3N4O2S. The molecule has 1 aromatic heterocycles. The zero-order valence-electron chi connectivity index (χ0n) is 13.4. The fourth-order valence-corrected chi connectivity index (χ4v) is 3.89. The van der Waals surface area contributed by atoms with E-state index in [1.807, 2.05) is 13.8 Å². The summed E-state index contributed by atoms with van der Waals surface area (Å²) in [4.78, 5) is 15.9. The molecule has 25 heavy (non-hydrogen) atoms. The fourth-order valence-electron chi connectivity index (χ4n) is 2.01. The Hall–Kier alpha value is -1.46. The second-order valence-electron chi connectivity index (χ2n) is 5.54. The smallest absolute Gasteiger partial charge is 0.335 e. The molecule has 0 aromatic carbocycles. The minimum atomic E-state index is -4.73. The van der Waals surface area contributed by atoms with Crippen molar-refractivity contribution in [2.75, 3.05) is 11.1 Å². The van der Waals surface area contributed by atoms with Crippen LogP contribution in [0.3, 0.4) is 0 Å². The van der Waals surface area contributed by atoms with Gasteiger partial charge in [0.15, 0.2) is 0 Å². The number of halogens is 4. The van der Waals surface area contributed by atoms with E-state index < -0.39 is 27.8 Å². The Labute approximate surface area is 153 Å². The van der Waals surface area contributed by atoms with E-state index >= 15 is 0 Å². The summed E-state index contributed by atoms with van der Waals surface area (Å²) in [5, 5.41) is 5.24. The van der Waals surface area contributed by atoms with Gasteiger partial charge in [0.05, 0.1) is 5.75 Å². The van der Waals surface area contributed by atoms with Gasteiger partial charge in [-0.2, -0.15) is 13.2 Å². The maximum Gasteiger partial charge on any atom is 0.463 e. The van der Waals surface area contributed by atoms with Crippen LogP contribution in [0.2, 0.25) is 0 Å². The van der Waals surface area contributed by atoms with Crippen molar-refractivity contribution in [1.82, 2.24) is 15.0 Å². The third kappa shape index (κ3) is 4.59. The van der Waals surface area contributed by atoms with Crippen molar-refractivity contribution in [3.05, 3.63) is 28.5 Å². The summed E-state index contributed by atoms with van der Waals surface area (Å²) in [6.07, 6.45) is 3.28. The van der Waals surface area contributed by atoms with Crippen molar-refractivity contribution in [1.29, 1.82) is 0 Å². The summed E-state index contributed by atoms with van der Waals surface area (Å²) >= 11 is 3.23. The molecular weight excluding hydrogens is 425 g/mol. The minimum absolute atomic E-state index is 0.0259. The van der Waals surface area contributed by atoms with Crippen molar-refractivity contribution < 1.29 is 22.5 Å². The molecule has 0 spiro atoms. The van der Waals surface area contributed by atoms with E-state index in [2.05, 4.69) is 36.3 Å². The lowest BCUT2D eigenvalue weighted by molar-refractivity contribution is -0.0451. The number of nitrogens with zero attached hydrogens (tertiary/aromatic N) is 1. The topological polar surface area (TPSA) is 86.3 Å². The molecule has 140 valence electrons. The largest absolute Gasteiger partial charge is 0.463 e. The van der Waals surface area contributed by atoms with E-state index in [1.54, 1.807) is 0 Å². The number of rotatable bonds is 4. The van der Waals surface area contributed by atoms with Gasteiger partial charge >= 0.3 is 11.5 Å². The Balaban J connectivity index is 2.17. The number of nitrogens with one attached hydrogen (secondary N) is 3. The number of pyridine rings is 1. The predicted molar refractivity (Wildman–Crippen MR) is 96.1 cm³/mol. The lowest BCUT2D eigenvalue weighted by atomic mass is 10.1. The molecule has 2 heterocycles. The Morgan fingerprint density at radius 2 is 2.24 bits per heavy atom. The summed E-state index contributed by atoms with van der Waals surface area (Å²) in [6.45, 7) is 3.76. The van der Waals surface area contributed by atoms with Crippen molar-refractivity contribution in [2.45, 2.75) is 31.8 Å². The molecule has 2 rings (SSSR count). The van der Waals surface area contributed by atoms with Crippen LogP contribution in [0.5, 0.6) is 0 Å². The Kier molecular flexibility index (Phi) is 5.89. The summed E-state index contributed by atoms with van der Waals surface area (Å²) in [5.74, 6) is -0.380. The highest BCUT2D eigenvalue weighted by Crippen LogP contribution is 2.60. The Morgan fingerprint density at radius 3 is 2.80 bits per heavy atom. The highest BCUT2D eigenvalue weighted by atomic mass is 79.9. The summed E-state index contributed by atoms with van der Waals surface area (Å²) in [7, 11) is -3.97. The second-order valence-corrected chi connectivity index (χ2v) is 8.78. The standard InChI is InChI=1S/C14H18BrF3N4O2S/c1-3-8(2)21-13(23)22-12-4-10(11(15)6-19-12)9-5-20-25(24,7-9)14(16,17)18/h4-6,8,20,24H,3,7H2,1-2H3,(H2,19,21,22,23). The Bertz CT molecular complexity index is 701. The summed E-state index contributed by atoms with van der Waals surface area (Å²) in [5.41, 5.74) is -4.05. The van der Waals surface area contributed by atoms with Crippen molar-refractivity contribution in [3.8, 4) is 0 Å². The van der Waals surface area contributed by atoms with Crippen LogP contribution < -0.4 is 15.4 Å². The average molecular weight is 443 g/mol. The van der Waals surface area contributed by atoms with E-state index in [-0.39, 0.29) is 17.4 Å². The molecule has 0 bridgehead atoms. The highest BCUT2D eigenvalue weighted by molar-refractivity contribution is 9.10. The number of carbonyl (C=O) groups excluding carboxylic acids is 1. The Morgan fingerprint density at radius 1 is 1.56 bits per heavy atom. The third-order valence-electron chi connectivity index (χ3n) is 3.61. The first kappa shape index (κ1) is 19.9. The molecule has 11 heteroatoms. The van der Waals surface area contributed by atoms with Gasteiger partial charge in [-0.3, -0.25) is 5.32 Å². The van der Waals surface area contributed by atoms with Crippen LogP contribution in [0, 0.1) is 0 Å². The molecule has 6 nitrogen and oxygen atoms in total. The van der Waals surface area contributed by atoms with Gasteiger partial charge < -0.3 is 14.6 Å². The molecule has 4 N–H and O–H groups in total. The second kappa shape index (κ2) is 7.42. The number of aromatic nitrogens is 1. The first-order valence-electron chi connectivity index (χ1n) is 7.35. The van der Waals surface area contributed by atoms with E-state index in [0.717, 1.165) is 12.6 Å². The molecule has 0 fully saturated rings. The van der Waals surface area contributed by atoms with E-state index in [0.29, 0.717) is 10.0 Å². The lowest BCUT2D eigenvalue weighted by Gasteiger charge is -2.31. The van der Waals surface area contributed by atoms with Crippen LogP contribution in [0.1, 0.15) is 25.8 Å². The molecule has 0 saturated heterocycles. The van der Waals surface area contributed by atoms with Crippen LogP contribution in [0.15, 0.2) is 22.9 Å². The van der Waals surface area contributed by atoms with E-state index in [9.17, 15) is 22.5 Å². The first-order valence-corrected chi connectivity index (χ1v) is 9.90. The number of carbonyl (C=O) groups is 1. The van der Waals surface area contributed by atoms with Gasteiger partial charge in [0.25, 0.3) is 0 Å². The van der Waals surface area contributed by atoms with Crippen LogP contribution in [0.4, 0.5) is 23.8 Å². The molecule has 0 aliphatic carbocycles. The lowest BCUT2D eigenvalue weighted by Crippen LogP contribution is -2.35. The number of amides is 2. The maximum atomic E-state index is 12.9. The zero-order chi connectivity index (χ0) is 18.8. The van der Waals surface area contributed by atoms with E-state index in [1.165, 1.54) is 12.3 Å². The van der Waals surface area contributed by atoms with Crippen molar-refractivity contribution in [3.63, 3.8) is 0 Å². The monoisotopic (exact) mass is 442 g/mol. The molecule has 2 amide bonds. The number of anilines is 1. The predicted octanol–water partition coefficient (Wildman–Crippen LogP) is 4.42. The minimum Gasteiger partial charge on any atom is -0.335 e. The van der Waals surface area contributed by atoms with Crippen molar-refractivity contribution in [2.24, 2.45) is 0 Å². The number of hydrogen-bond donors (Lipinski definition) is 4. The van der Waals surface area contributed by atoms with Crippen molar-refractivity contribution >= 4 is 43.8 Å². The normalized spacial score (nSPS) is 23.9. The molecule has 1 aliphatic rings. The average Bonchev–Trinajstić information content (AvgIpc) is 2.92. The van der Waals surface area contributed by atoms with Gasteiger partial charge in [0.2, 0.25) is 0 Å². The van der Waals surface area contributed by atoms with Crippen LogP contribution in [0.25, 0.3) is 5.57 Å². The van der Waals surface area contributed by atoms with Gasteiger partial charge in [-0.25, -0.2) is 9.78 Å². The fraction of sp³-hybridized carbons (Fsp3) is 0.429. The molecule has 1 aliphatic heterocycles. The summed E-state index contributed by atoms with van der Waals surface area (Å²) in [6, 6.07) is 0.975. The number of hydrogen-bond acceptors (Lipinski definition) is 4. The van der Waals surface area contributed by atoms with Gasteiger partial charge in [0, 0.05) is 33.4 Å². The summed E-state index contributed by atoms with van der Waals surface area (Å²) < 4.78 is 51.1. The molecule has 2 atom stereocenters. The van der Waals surface area contributed by atoms with Crippen LogP contribution >= 0.6 is 26.4 Å². The van der Waals surface area contributed by atoms with Gasteiger partial charge in [-0.1, -0.05) is 6.92 Å². The SMILES string of the molecule is CCC(C)NC(=O)Nc1cc(C2=CNS(O)(C(F)(F)F)C2)c(Br)cn1.